The molecule has 0 aliphatic rings. The third-order valence-corrected chi connectivity index (χ3v) is 5.75. The molecule has 0 aliphatic heterocycles. The van der Waals surface area contributed by atoms with E-state index in [0.29, 0.717) is 32.4 Å². The number of benzene rings is 2. The fraction of sp³-hybridized carbons (Fsp3) is 0.417. The summed E-state index contributed by atoms with van der Waals surface area (Å²) >= 11 is 3.35. The summed E-state index contributed by atoms with van der Waals surface area (Å²) in [5.74, 6) is -1.94. The van der Waals surface area contributed by atoms with E-state index in [-0.39, 0.29) is 24.3 Å². The Kier molecular flexibility index (Phi) is 11.5. The number of rotatable bonds is 13. The Labute approximate surface area is 206 Å². The molecule has 0 aliphatic carbocycles. The number of carbonyl (C=O) groups is 2. The van der Waals surface area contributed by atoms with Gasteiger partial charge in [0, 0.05) is 36.1 Å². The predicted molar refractivity (Wildman–Crippen MR) is 130 cm³/mol. The minimum atomic E-state index is -1.33. The smallest absolute Gasteiger partial charge is 0.250 e. The van der Waals surface area contributed by atoms with Crippen LogP contribution in [-0.4, -0.2) is 48.2 Å². The van der Waals surface area contributed by atoms with E-state index in [9.17, 15) is 23.5 Å². The van der Waals surface area contributed by atoms with Gasteiger partial charge in [-0.05, 0) is 67.1 Å². The molecule has 3 atom stereocenters. The van der Waals surface area contributed by atoms with Crippen molar-refractivity contribution in [2.75, 3.05) is 13.1 Å². The highest BCUT2D eigenvalue weighted by molar-refractivity contribution is 9.10. The maximum absolute atomic E-state index is 13.7. The van der Waals surface area contributed by atoms with Gasteiger partial charge in [-0.2, -0.15) is 0 Å². The Morgan fingerprint density at radius 3 is 2.29 bits per heavy atom. The van der Waals surface area contributed by atoms with E-state index in [0.717, 1.165) is 28.2 Å². The van der Waals surface area contributed by atoms with E-state index < -0.39 is 35.7 Å². The summed E-state index contributed by atoms with van der Waals surface area (Å²) in [6.07, 6.45) is 0.252. The molecule has 34 heavy (non-hydrogen) atoms. The van der Waals surface area contributed by atoms with Crippen molar-refractivity contribution in [3.8, 4) is 0 Å². The normalized spacial score (nSPS) is 13.7. The van der Waals surface area contributed by atoms with E-state index >= 15 is 0 Å². The Balaban J connectivity index is 1.58. The number of amides is 2. The van der Waals surface area contributed by atoms with Crippen molar-refractivity contribution in [1.29, 1.82) is 0 Å². The molecule has 0 spiro atoms. The number of unbranched alkanes of at least 4 members (excludes halogenated alkanes) is 1. The molecule has 2 rings (SSSR count). The van der Waals surface area contributed by atoms with Crippen LogP contribution in [0.2, 0.25) is 0 Å². The summed E-state index contributed by atoms with van der Waals surface area (Å²) in [5, 5.41) is 15.5. The van der Waals surface area contributed by atoms with Crippen LogP contribution in [0.15, 0.2) is 46.9 Å². The molecule has 0 saturated carbocycles. The fourth-order valence-electron chi connectivity index (χ4n) is 3.36. The standard InChI is InChI=1S/C24H31BrF2N4O3/c25-17-5-3-15(4-6-17)11-21(29)23(33)24(34)31-10-2-1-9-30-22(32)14-19(28)13-16-12-18(26)7-8-20(16)27/h3-8,12,19,21,23,33H,1-2,9-11,13-14,28-29H2,(H,30,32)(H,31,34)/t19?,21-,23+/m1/s1. The van der Waals surface area contributed by atoms with Gasteiger partial charge in [-0.15, -0.1) is 0 Å². The van der Waals surface area contributed by atoms with Crippen LogP contribution in [0.25, 0.3) is 0 Å². The number of nitrogens with two attached hydrogens (primary N) is 2. The molecule has 2 amide bonds. The molecule has 0 saturated heterocycles. The lowest BCUT2D eigenvalue weighted by atomic mass is 10.0. The first kappa shape index (κ1) is 27.8. The van der Waals surface area contributed by atoms with E-state index in [4.69, 9.17) is 11.5 Å². The highest BCUT2D eigenvalue weighted by atomic mass is 79.9. The number of aliphatic hydroxyl groups is 1. The summed E-state index contributed by atoms with van der Waals surface area (Å²) in [7, 11) is 0. The second-order valence-corrected chi connectivity index (χ2v) is 9.11. The minimum absolute atomic E-state index is 0.0187. The topological polar surface area (TPSA) is 130 Å². The monoisotopic (exact) mass is 540 g/mol. The average Bonchev–Trinajstić information content (AvgIpc) is 2.79. The molecule has 2 aromatic rings. The lowest BCUT2D eigenvalue weighted by Gasteiger charge is -2.18. The van der Waals surface area contributed by atoms with Crippen molar-refractivity contribution in [2.45, 2.75) is 50.3 Å². The maximum Gasteiger partial charge on any atom is 0.250 e. The van der Waals surface area contributed by atoms with Crippen LogP contribution < -0.4 is 22.1 Å². The van der Waals surface area contributed by atoms with Gasteiger partial charge in [-0.1, -0.05) is 28.1 Å². The van der Waals surface area contributed by atoms with Crippen molar-refractivity contribution in [2.24, 2.45) is 11.5 Å². The molecule has 2 aromatic carbocycles. The Morgan fingerprint density at radius 2 is 1.62 bits per heavy atom. The molecule has 0 aromatic heterocycles. The number of hydrogen-bond donors (Lipinski definition) is 5. The first-order valence-corrected chi connectivity index (χ1v) is 11.9. The molecule has 0 heterocycles. The maximum atomic E-state index is 13.7. The highest BCUT2D eigenvalue weighted by Crippen LogP contribution is 2.13. The second-order valence-electron chi connectivity index (χ2n) is 8.19. The lowest BCUT2D eigenvalue weighted by molar-refractivity contribution is -0.130. The van der Waals surface area contributed by atoms with Crippen molar-refractivity contribution in [3.05, 3.63) is 69.7 Å². The van der Waals surface area contributed by atoms with Gasteiger partial charge >= 0.3 is 0 Å². The summed E-state index contributed by atoms with van der Waals surface area (Å²) in [6, 6.07) is 9.24. The van der Waals surface area contributed by atoms with Crippen molar-refractivity contribution < 1.29 is 23.5 Å². The zero-order valence-electron chi connectivity index (χ0n) is 18.8. The van der Waals surface area contributed by atoms with Crippen LogP contribution in [0.4, 0.5) is 8.78 Å². The molecule has 7 nitrogen and oxygen atoms in total. The van der Waals surface area contributed by atoms with E-state index in [2.05, 4.69) is 26.6 Å². The van der Waals surface area contributed by atoms with Gasteiger partial charge in [0.25, 0.3) is 0 Å². The van der Waals surface area contributed by atoms with Crippen LogP contribution in [0, 0.1) is 11.6 Å². The lowest BCUT2D eigenvalue weighted by Crippen LogP contribution is -2.47. The molecule has 0 radical (unpaired) electrons. The predicted octanol–water partition coefficient (Wildman–Crippen LogP) is 1.93. The van der Waals surface area contributed by atoms with Crippen molar-refractivity contribution in [3.63, 3.8) is 0 Å². The van der Waals surface area contributed by atoms with E-state index in [1.807, 2.05) is 24.3 Å². The van der Waals surface area contributed by atoms with Gasteiger partial charge < -0.3 is 27.2 Å². The van der Waals surface area contributed by atoms with Crippen LogP contribution in [0.3, 0.4) is 0 Å². The molecule has 1 unspecified atom stereocenters. The van der Waals surface area contributed by atoms with Gasteiger partial charge in [0.2, 0.25) is 11.8 Å². The third-order valence-electron chi connectivity index (χ3n) is 5.22. The number of hydrogen-bond acceptors (Lipinski definition) is 5. The zero-order valence-corrected chi connectivity index (χ0v) is 20.4. The van der Waals surface area contributed by atoms with Crippen LogP contribution in [0.1, 0.15) is 30.4 Å². The minimum Gasteiger partial charge on any atom is -0.382 e. The van der Waals surface area contributed by atoms with Gasteiger partial charge in [-0.3, -0.25) is 9.59 Å². The molecular weight excluding hydrogens is 510 g/mol. The summed E-state index contributed by atoms with van der Waals surface area (Å²) in [5.41, 5.74) is 12.9. The molecule has 7 N–H and O–H groups in total. The van der Waals surface area contributed by atoms with Gasteiger partial charge in [0.1, 0.15) is 17.7 Å². The first-order valence-electron chi connectivity index (χ1n) is 11.1. The second kappa shape index (κ2) is 14.1. The Hall–Kier alpha value is -2.40. The highest BCUT2D eigenvalue weighted by Gasteiger charge is 2.22. The molecular formula is C24H31BrF2N4O3. The quantitative estimate of drug-likeness (QED) is 0.248. The molecule has 0 fully saturated rings. The average molecular weight is 541 g/mol. The van der Waals surface area contributed by atoms with Crippen LogP contribution in [0.5, 0.6) is 0 Å². The third kappa shape index (κ3) is 9.84. The Morgan fingerprint density at radius 1 is 0.971 bits per heavy atom. The molecule has 0 bridgehead atoms. The first-order chi connectivity index (χ1) is 16.2. The number of nitrogens with one attached hydrogen (secondary N) is 2. The van der Waals surface area contributed by atoms with Crippen LogP contribution in [-0.2, 0) is 22.4 Å². The number of aliphatic hydroxyl groups excluding tert-OH is 1. The summed E-state index contributed by atoms with van der Waals surface area (Å²) in [6.45, 7) is 0.705. The molecule has 10 heteroatoms. The van der Waals surface area contributed by atoms with Gasteiger partial charge in [0.05, 0.1) is 0 Å². The summed E-state index contributed by atoms with van der Waals surface area (Å²) < 4.78 is 27.8. The van der Waals surface area contributed by atoms with Crippen LogP contribution >= 0.6 is 15.9 Å². The number of carbonyl (C=O) groups excluding carboxylic acids is 2. The summed E-state index contributed by atoms with van der Waals surface area (Å²) in [4.78, 5) is 24.1. The molecule has 186 valence electrons. The fourth-order valence-corrected chi connectivity index (χ4v) is 3.62. The van der Waals surface area contributed by atoms with Gasteiger partial charge in [-0.25, -0.2) is 8.78 Å². The SMILES string of the molecule is NC(CC(=O)NCCCCNC(=O)[C@@H](O)[C@H](N)Cc1ccc(Br)cc1)Cc1cc(F)ccc1F. The Bertz CT molecular complexity index is 946. The number of halogens is 3. The van der Waals surface area contributed by atoms with Crippen molar-refractivity contribution >= 4 is 27.7 Å². The zero-order chi connectivity index (χ0) is 25.1. The van der Waals surface area contributed by atoms with Crippen molar-refractivity contribution in [1.82, 2.24) is 10.6 Å². The van der Waals surface area contributed by atoms with Gasteiger partial charge in [0.15, 0.2) is 0 Å². The van der Waals surface area contributed by atoms with E-state index in [1.165, 1.54) is 0 Å². The van der Waals surface area contributed by atoms with E-state index in [1.54, 1.807) is 0 Å². The largest absolute Gasteiger partial charge is 0.382 e.